The van der Waals surface area contributed by atoms with Crippen molar-refractivity contribution in [1.29, 1.82) is 0 Å². The summed E-state index contributed by atoms with van der Waals surface area (Å²) in [5, 5.41) is 2.65. The third kappa shape index (κ3) is 4.88. The van der Waals surface area contributed by atoms with Gasteiger partial charge in [-0.2, -0.15) is 0 Å². The van der Waals surface area contributed by atoms with E-state index in [9.17, 15) is 17.6 Å². The van der Waals surface area contributed by atoms with Gasteiger partial charge in [0.15, 0.2) is 11.5 Å². The van der Waals surface area contributed by atoms with Crippen LogP contribution in [0.25, 0.3) is 0 Å². The van der Waals surface area contributed by atoms with Gasteiger partial charge in [-0.25, -0.2) is 12.8 Å². The second kappa shape index (κ2) is 7.83. The maximum atomic E-state index is 12.9. The van der Waals surface area contributed by atoms with Crippen LogP contribution >= 0.6 is 0 Å². The molecule has 1 heterocycles. The van der Waals surface area contributed by atoms with Gasteiger partial charge in [0.1, 0.15) is 5.82 Å². The maximum Gasteiger partial charge on any atom is 0.232 e. The highest BCUT2D eigenvalue weighted by Crippen LogP contribution is 2.36. The molecule has 2 aromatic rings. The van der Waals surface area contributed by atoms with Gasteiger partial charge < -0.3 is 14.8 Å². The summed E-state index contributed by atoms with van der Waals surface area (Å²) in [5.74, 6) is 0.377. The van der Waals surface area contributed by atoms with Gasteiger partial charge in [-0.15, -0.1) is 0 Å². The van der Waals surface area contributed by atoms with E-state index in [4.69, 9.17) is 9.47 Å². The number of hydrogen-bond donors (Lipinski definition) is 1. The largest absolute Gasteiger partial charge is 0.454 e. The predicted octanol–water partition coefficient (Wildman–Crippen LogP) is 2.74. The zero-order chi connectivity index (χ0) is 19.4. The Morgan fingerprint density at radius 1 is 1.15 bits per heavy atom. The lowest BCUT2D eigenvalue weighted by atomic mass is 10.2. The van der Waals surface area contributed by atoms with Gasteiger partial charge in [0.05, 0.1) is 11.9 Å². The van der Waals surface area contributed by atoms with E-state index in [1.54, 1.807) is 18.2 Å². The monoisotopic (exact) mass is 394 g/mol. The number of carbonyl (C=O) groups excluding carboxylic acids is 1. The van der Waals surface area contributed by atoms with E-state index in [2.05, 4.69) is 5.32 Å². The van der Waals surface area contributed by atoms with E-state index in [0.29, 0.717) is 29.3 Å². The number of fused-ring (bicyclic) bond motifs is 1. The molecule has 0 saturated carbocycles. The molecule has 0 atom stereocenters. The van der Waals surface area contributed by atoms with Crippen molar-refractivity contribution in [2.24, 2.45) is 0 Å². The Labute approximate surface area is 156 Å². The molecule has 1 N–H and O–H groups in total. The summed E-state index contributed by atoms with van der Waals surface area (Å²) in [6, 6.07) is 10.3. The number of nitrogens with one attached hydrogen (secondary N) is 1. The zero-order valence-corrected chi connectivity index (χ0v) is 15.5. The van der Waals surface area contributed by atoms with Gasteiger partial charge >= 0.3 is 0 Å². The molecule has 2 aromatic carbocycles. The number of anilines is 2. The molecule has 0 unspecified atom stereocenters. The maximum absolute atomic E-state index is 12.9. The molecule has 27 heavy (non-hydrogen) atoms. The highest BCUT2D eigenvalue weighted by Gasteiger charge is 2.21. The summed E-state index contributed by atoms with van der Waals surface area (Å²) < 4.78 is 48.9. The molecule has 0 aliphatic carbocycles. The van der Waals surface area contributed by atoms with E-state index < -0.39 is 10.0 Å². The first-order valence-corrected chi connectivity index (χ1v) is 10.1. The number of halogens is 1. The standard InChI is InChI=1S/C18H19FN2O5S/c1-27(23,24)21(15-8-9-16-17(11-15)26-12-25-16)10-2-3-18(22)20-14-6-4-13(19)5-7-14/h4-9,11H,2-3,10,12H2,1H3,(H,20,22). The fourth-order valence-electron chi connectivity index (χ4n) is 2.67. The van der Waals surface area contributed by atoms with Gasteiger partial charge in [-0.3, -0.25) is 9.10 Å². The van der Waals surface area contributed by atoms with Crippen LogP contribution in [-0.4, -0.2) is 33.9 Å². The number of sulfonamides is 1. The molecular weight excluding hydrogens is 375 g/mol. The second-order valence-electron chi connectivity index (χ2n) is 6.03. The van der Waals surface area contributed by atoms with E-state index in [1.165, 1.54) is 28.6 Å². The van der Waals surface area contributed by atoms with Crippen LogP contribution in [0.1, 0.15) is 12.8 Å². The number of benzene rings is 2. The number of amides is 1. The Balaban J connectivity index is 1.60. The molecule has 1 aliphatic heterocycles. The molecule has 0 spiro atoms. The molecule has 1 amide bonds. The van der Waals surface area contributed by atoms with Crippen molar-refractivity contribution < 1.29 is 27.1 Å². The van der Waals surface area contributed by atoms with E-state index in [1.807, 2.05) is 0 Å². The van der Waals surface area contributed by atoms with E-state index in [-0.39, 0.29) is 31.5 Å². The topological polar surface area (TPSA) is 84.9 Å². The van der Waals surface area contributed by atoms with Crippen molar-refractivity contribution in [2.45, 2.75) is 12.8 Å². The third-order valence-corrected chi connectivity index (χ3v) is 5.13. The zero-order valence-electron chi connectivity index (χ0n) is 14.6. The smallest absolute Gasteiger partial charge is 0.232 e. The molecule has 0 radical (unpaired) electrons. The number of carbonyl (C=O) groups is 1. The highest BCUT2D eigenvalue weighted by molar-refractivity contribution is 7.92. The lowest BCUT2D eigenvalue weighted by Gasteiger charge is -2.22. The van der Waals surface area contributed by atoms with Crippen LogP contribution in [0.3, 0.4) is 0 Å². The summed E-state index contributed by atoms with van der Waals surface area (Å²) >= 11 is 0. The summed E-state index contributed by atoms with van der Waals surface area (Å²) in [7, 11) is -3.53. The summed E-state index contributed by atoms with van der Waals surface area (Å²) in [6.45, 7) is 0.233. The van der Waals surface area contributed by atoms with Crippen LogP contribution < -0.4 is 19.1 Å². The van der Waals surface area contributed by atoms with Crippen LogP contribution in [0.15, 0.2) is 42.5 Å². The van der Waals surface area contributed by atoms with Crippen molar-refractivity contribution in [3.8, 4) is 11.5 Å². The molecule has 0 fully saturated rings. The Bertz CT molecular complexity index is 931. The van der Waals surface area contributed by atoms with Crippen LogP contribution in [0.4, 0.5) is 15.8 Å². The molecule has 144 valence electrons. The quantitative estimate of drug-likeness (QED) is 0.781. The van der Waals surface area contributed by atoms with Crippen LogP contribution in [0, 0.1) is 5.82 Å². The van der Waals surface area contributed by atoms with Crippen LogP contribution in [-0.2, 0) is 14.8 Å². The van der Waals surface area contributed by atoms with Gasteiger partial charge in [0.25, 0.3) is 0 Å². The number of hydrogen-bond acceptors (Lipinski definition) is 5. The lowest BCUT2D eigenvalue weighted by molar-refractivity contribution is -0.116. The van der Waals surface area contributed by atoms with E-state index in [0.717, 1.165) is 6.26 Å². The molecule has 0 bridgehead atoms. The Kier molecular flexibility index (Phi) is 5.50. The van der Waals surface area contributed by atoms with Gasteiger partial charge in [-0.1, -0.05) is 0 Å². The lowest BCUT2D eigenvalue weighted by Crippen LogP contribution is -2.31. The predicted molar refractivity (Wildman–Crippen MR) is 99.0 cm³/mol. The molecule has 3 rings (SSSR count). The summed E-state index contributed by atoms with van der Waals surface area (Å²) in [6.07, 6.45) is 1.54. The summed E-state index contributed by atoms with van der Waals surface area (Å²) in [4.78, 5) is 12.0. The molecular formula is C18H19FN2O5S. The average Bonchev–Trinajstić information content (AvgIpc) is 3.07. The van der Waals surface area contributed by atoms with E-state index >= 15 is 0 Å². The van der Waals surface area contributed by atoms with Gasteiger partial charge in [-0.05, 0) is 42.8 Å². The van der Waals surface area contributed by atoms with Crippen molar-refractivity contribution in [2.75, 3.05) is 29.2 Å². The number of rotatable bonds is 7. The fourth-order valence-corrected chi connectivity index (χ4v) is 3.62. The van der Waals surface area contributed by atoms with Crippen molar-refractivity contribution in [3.05, 3.63) is 48.3 Å². The van der Waals surface area contributed by atoms with Crippen LogP contribution in [0.5, 0.6) is 11.5 Å². The normalized spacial score (nSPS) is 12.7. The van der Waals surface area contributed by atoms with Crippen molar-refractivity contribution in [3.63, 3.8) is 0 Å². The SMILES string of the molecule is CS(=O)(=O)N(CCCC(=O)Nc1ccc(F)cc1)c1ccc2c(c1)OCO2. The minimum Gasteiger partial charge on any atom is -0.454 e. The second-order valence-corrected chi connectivity index (χ2v) is 7.94. The van der Waals surface area contributed by atoms with Crippen molar-refractivity contribution in [1.82, 2.24) is 0 Å². The first-order valence-electron chi connectivity index (χ1n) is 8.26. The molecule has 7 nitrogen and oxygen atoms in total. The molecule has 0 saturated heterocycles. The van der Waals surface area contributed by atoms with Gasteiger partial charge in [0.2, 0.25) is 22.7 Å². The first-order chi connectivity index (χ1) is 12.8. The fraction of sp³-hybridized carbons (Fsp3) is 0.278. The Morgan fingerprint density at radius 2 is 1.85 bits per heavy atom. The molecule has 1 aliphatic rings. The number of nitrogens with zero attached hydrogens (tertiary/aromatic N) is 1. The minimum absolute atomic E-state index is 0.0984. The third-order valence-electron chi connectivity index (χ3n) is 3.94. The average molecular weight is 394 g/mol. The summed E-state index contributed by atoms with van der Waals surface area (Å²) in [5.41, 5.74) is 0.929. The number of ether oxygens (including phenoxy) is 2. The first kappa shape index (κ1) is 19.0. The molecule has 0 aromatic heterocycles. The molecule has 9 heteroatoms. The Hall–Kier alpha value is -2.81. The van der Waals surface area contributed by atoms with Crippen molar-refractivity contribution >= 4 is 27.3 Å². The van der Waals surface area contributed by atoms with Gasteiger partial charge in [0, 0.05) is 24.7 Å². The highest BCUT2D eigenvalue weighted by atomic mass is 32.2. The minimum atomic E-state index is -3.53. The van der Waals surface area contributed by atoms with Crippen LogP contribution in [0.2, 0.25) is 0 Å². The Morgan fingerprint density at radius 3 is 2.56 bits per heavy atom.